The van der Waals surface area contributed by atoms with E-state index < -0.39 is 12.1 Å². The van der Waals surface area contributed by atoms with Crippen molar-refractivity contribution in [2.75, 3.05) is 0 Å². The summed E-state index contributed by atoms with van der Waals surface area (Å²) in [5.41, 5.74) is 0.574. The molecule has 1 aromatic rings. The summed E-state index contributed by atoms with van der Waals surface area (Å²) in [6.45, 7) is 0. The van der Waals surface area contributed by atoms with Gasteiger partial charge in [-0.15, -0.1) is 13.2 Å². The Hall–Kier alpha value is -1.22. The standard InChI is InChI=1S/C9H5BrF3NO/c10-4-6-1-2-8(7(3-6)5-14)15-9(11,12)13/h1-3H,4H2. The Morgan fingerprint density at radius 3 is 2.53 bits per heavy atom. The first kappa shape index (κ1) is 11.9. The van der Waals surface area contributed by atoms with Crippen molar-refractivity contribution in [3.8, 4) is 11.8 Å². The third-order valence-corrected chi connectivity index (χ3v) is 2.19. The molecule has 0 saturated heterocycles. The van der Waals surface area contributed by atoms with Crippen LogP contribution in [0.4, 0.5) is 13.2 Å². The minimum atomic E-state index is -4.78. The zero-order chi connectivity index (χ0) is 11.5. The highest BCUT2D eigenvalue weighted by Crippen LogP contribution is 2.27. The van der Waals surface area contributed by atoms with Gasteiger partial charge >= 0.3 is 6.36 Å². The van der Waals surface area contributed by atoms with E-state index in [1.54, 1.807) is 6.07 Å². The molecule has 1 rings (SSSR count). The molecule has 0 radical (unpaired) electrons. The minimum absolute atomic E-state index is 0.135. The molecule has 1 aromatic carbocycles. The maximum atomic E-state index is 11.9. The summed E-state index contributed by atoms with van der Waals surface area (Å²) in [7, 11) is 0. The lowest BCUT2D eigenvalue weighted by Gasteiger charge is -2.10. The number of nitrogens with zero attached hydrogens (tertiary/aromatic N) is 1. The van der Waals surface area contributed by atoms with Gasteiger partial charge in [0.15, 0.2) is 0 Å². The van der Waals surface area contributed by atoms with Gasteiger partial charge in [-0.05, 0) is 17.7 Å². The first-order valence-electron chi connectivity index (χ1n) is 3.81. The molecule has 0 aliphatic heterocycles. The minimum Gasteiger partial charge on any atom is -0.404 e. The molecule has 0 unspecified atom stereocenters. The summed E-state index contributed by atoms with van der Waals surface area (Å²) in [5, 5.41) is 9.09. The van der Waals surface area contributed by atoms with Crippen LogP contribution < -0.4 is 4.74 Å². The van der Waals surface area contributed by atoms with Gasteiger partial charge in [-0.25, -0.2) is 0 Å². The molecule has 0 heterocycles. The average molecular weight is 280 g/mol. The summed E-state index contributed by atoms with van der Waals surface area (Å²) < 4.78 is 39.4. The van der Waals surface area contributed by atoms with E-state index in [1.165, 1.54) is 12.1 Å². The topological polar surface area (TPSA) is 33.0 Å². The van der Waals surface area contributed by atoms with E-state index in [2.05, 4.69) is 20.7 Å². The van der Waals surface area contributed by atoms with Crippen LogP contribution in [0.3, 0.4) is 0 Å². The highest BCUT2D eigenvalue weighted by Gasteiger charge is 2.32. The van der Waals surface area contributed by atoms with Crippen LogP contribution in [-0.4, -0.2) is 6.36 Å². The Morgan fingerprint density at radius 2 is 2.07 bits per heavy atom. The molecule has 0 amide bonds. The molecular weight excluding hydrogens is 275 g/mol. The normalized spacial score (nSPS) is 10.9. The van der Waals surface area contributed by atoms with Gasteiger partial charge in [-0.1, -0.05) is 22.0 Å². The van der Waals surface area contributed by atoms with Gasteiger partial charge in [0.05, 0.1) is 5.56 Å². The molecule has 15 heavy (non-hydrogen) atoms. The lowest BCUT2D eigenvalue weighted by atomic mass is 10.1. The van der Waals surface area contributed by atoms with Crippen molar-refractivity contribution in [2.24, 2.45) is 0 Å². The first-order valence-corrected chi connectivity index (χ1v) is 4.93. The van der Waals surface area contributed by atoms with Gasteiger partial charge in [0.25, 0.3) is 0 Å². The van der Waals surface area contributed by atoms with E-state index in [4.69, 9.17) is 5.26 Å². The molecule has 0 spiro atoms. The number of benzene rings is 1. The monoisotopic (exact) mass is 279 g/mol. The molecule has 0 aliphatic rings. The molecule has 2 nitrogen and oxygen atoms in total. The van der Waals surface area contributed by atoms with Crippen molar-refractivity contribution in [3.63, 3.8) is 0 Å². The summed E-state index contributed by atoms with van der Waals surface area (Å²) >= 11 is 3.13. The van der Waals surface area contributed by atoms with E-state index in [9.17, 15) is 13.2 Å². The van der Waals surface area contributed by atoms with Gasteiger partial charge in [0.2, 0.25) is 0 Å². The molecular formula is C9H5BrF3NO. The third kappa shape index (κ3) is 3.44. The van der Waals surface area contributed by atoms with E-state index in [0.717, 1.165) is 6.07 Å². The Morgan fingerprint density at radius 1 is 1.40 bits per heavy atom. The molecule has 0 bridgehead atoms. The molecule has 0 fully saturated rings. The number of hydrogen-bond donors (Lipinski definition) is 0. The number of ether oxygens (including phenoxy) is 1. The van der Waals surface area contributed by atoms with Gasteiger partial charge in [0.1, 0.15) is 11.8 Å². The number of rotatable bonds is 2. The summed E-state index contributed by atoms with van der Waals surface area (Å²) in [5.74, 6) is -0.477. The Bertz CT molecular complexity index is 397. The maximum Gasteiger partial charge on any atom is 0.573 e. The predicted octanol–water partition coefficient (Wildman–Crippen LogP) is 3.35. The molecule has 6 heteroatoms. The smallest absolute Gasteiger partial charge is 0.404 e. The Kier molecular flexibility index (Phi) is 3.58. The van der Waals surface area contributed by atoms with Crippen LogP contribution in [0.1, 0.15) is 11.1 Å². The second-order valence-corrected chi connectivity index (χ2v) is 3.18. The van der Waals surface area contributed by atoms with Gasteiger partial charge in [-0.2, -0.15) is 5.26 Å². The van der Waals surface area contributed by atoms with Crippen LogP contribution in [0.15, 0.2) is 18.2 Å². The molecule has 0 aromatic heterocycles. The second-order valence-electron chi connectivity index (χ2n) is 2.62. The number of hydrogen-bond acceptors (Lipinski definition) is 2. The van der Waals surface area contributed by atoms with Crippen LogP contribution >= 0.6 is 15.9 Å². The summed E-state index contributed by atoms with van der Waals surface area (Å²) in [6, 6.07) is 5.57. The SMILES string of the molecule is N#Cc1cc(CBr)ccc1OC(F)(F)F. The molecule has 0 saturated carbocycles. The van der Waals surface area contributed by atoms with Crippen molar-refractivity contribution < 1.29 is 17.9 Å². The van der Waals surface area contributed by atoms with Crippen LogP contribution in [0, 0.1) is 11.3 Å². The fraction of sp³-hybridized carbons (Fsp3) is 0.222. The predicted molar refractivity (Wildman–Crippen MR) is 50.5 cm³/mol. The van der Waals surface area contributed by atoms with Crippen LogP contribution in [0.25, 0.3) is 0 Å². The van der Waals surface area contributed by atoms with Crippen molar-refractivity contribution in [3.05, 3.63) is 29.3 Å². The summed E-state index contributed by atoms with van der Waals surface area (Å²) in [4.78, 5) is 0. The van der Waals surface area contributed by atoms with Crippen molar-refractivity contribution in [1.82, 2.24) is 0 Å². The van der Waals surface area contributed by atoms with Crippen LogP contribution in [-0.2, 0) is 5.33 Å². The zero-order valence-corrected chi connectivity index (χ0v) is 8.89. The molecule has 80 valence electrons. The molecule has 0 aliphatic carbocycles. The number of nitriles is 1. The first-order chi connectivity index (χ1) is 6.96. The molecule has 0 atom stereocenters. The second kappa shape index (κ2) is 4.53. The lowest BCUT2D eigenvalue weighted by Crippen LogP contribution is -2.17. The zero-order valence-electron chi connectivity index (χ0n) is 7.31. The highest BCUT2D eigenvalue weighted by molar-refractivity contribution is 9.08. The fourth-order valence-corrected chi connectivity index (χ4v) is 1.31. The van der Waals surface area contributed by atoms with E-state index in [1.807, 2.05) is 0 Å². The van der Waals surface area contributed by atoms with Gasteiger partial charge in [0, 0.05) is 5.33 Å². The number of alkyl halides is 4. The largest absolute Gasteiger partial charge is 0.573 e. The Labute approximate surface area is 92.4 Å². The quantitative estimate of drug-likeness (QED) is 0.778. The number of halogens is 4. The van der Waals surface area contributed by atoms with Gasteiger partial charge in [-0.3, -0.25) is 0 Å². The van der Waals surface area contributed by atoms with Crippen molar-refractivity contribution in [2.45, 2.75) is 11.7 Å². The third-order valence-electron chi connectivity index (χ3n) is 1.54. The summed E-state index contributed by atoms with van der Waals surface area (Å²) in [6.07, 6.45) is -4.78. The average Bonchev–Trinajstić information content (AvgIpc) is 2.16. The maximum absolute atomic E-state index is 11.9. The molecule has 0 N–H and O–H groups in total. The van der Waals surface area contributed by atoms with Crippen LogP contribution in [0.2, 0.25) is 0 Å². The van der Waals surface area contributed by atoms with Crippen molar-refractivity contribution in [1.29, 1.82) is 5.26 Å². The van der Waals surface area contributed by atoms with Crippen LogP contribution in [0.5, 0.6) is 5.75 Å². The lowest BCUT2D eigenvalue weighted by molar-refractivity contribution is -0.274. The Balaban J connectivity index is 3.04. The van der Waals surface area contributed by atoms with E-state index >= 15 is 0 Å². The fourth-order valence-electron chi connectivity index (χ4n) is 0.961. The van der Waals surface area contributed by atoms with Gasteiger partial charge < -0.3 is 4.74 Å². The van der Waals surface area contributed by atoms with Crippen molar-refractivity contribution >= 4 is 15.9 Å². The van der Waals surface area contributed by atoms with E-state index in [-0.39, 0.29) is 5.56 Å². The highest BCUT2D eigenvalue weighted by atomic mass is 79.9. The van der Waals surface area contributed by atoms with E-state index in [0.29, 0.717) is 10.9 Å².